The lowest BCUT2D eigenvalue weighted by molar-refractivity contribution is 0.292. The third-order valence-corrected chi connectivity index (χ3v) is 2.16. The maximum absolute atomic E-state index is 13.6. The zero-order valence-corrected chi connectivity index (χ0v) is 9.09. The Bertz CT molecular complexity index is 399. The summed E-state index contributed by atoms with van der Waals surface area (Å²) in [6.45, 7) is 2.39. The zero-order chi connectivity index (χ0) is 12.0. The second kappa shape index (κ2) is 6.06. The molecule has 16 heavy (non-hydrogen) atoms. The molecule has 0 radical (unpaired) electrons. The first-order valence-corrected chi connectivity index (χ1v) is 5.17. The van der Waals surface area contributed by atoms with Crippen molar-refractivity contribution in [3.8, 4) is 11.8 Å². The minimum Gasteiger partial charge on any atom is -0.491 e. The van der Waals surface area contributed by atoms with Crippen LogP contribution in [0.15, 0.2) is 12.1 Å². The predicted octanol–water partition coefficient (Wildman–Crippen LogP) is 3.21. The van der Waals surface area contributed by atoms with Crippen LogP contribution >= 0.6 is 0 Å². The predicted molar refractivity (Wildman–Crippen MR) is 56.1 cm³/mol. The summed E-state index contributed by atoms with van der Waals surface area (Å²) in [4.78, 5) is 0. The Morgan fingerprint density at radius 1 is 1.38 bits per heavy atom. The molecule has 0 aliphatic carbocycles. The van der Waals surface area contributed by atoms with E-state index in [1.54, 1.807) is 6.07 Å². The number of halogens is 2. The SMILES string of the molecule is CCCCOc1ccc(F)c(CC#N)c1F. The summed E-state index contributed by atoms with van der Waals surface area (Å²) in [6, 6.07) is 4.10. The van der Waals surface area contributed by atoms with Gasteiger partial charge in [-0.25, -0.2) is 8.78 Å². The summed E-state index contributed by atoms with van der Waals surface area (Å²) in [7, 11) is 0. The van der Waals surface area contributed by atoms with Crippen molar-refractivity contribution in [3.63, 3.8) is 0 Å². The molecule has 0 amide bonds. The van der Waals surface area contributed by atoms with Crippen molar-refractivity contribution in [2.24, 2.45) is 0 Å². The average Bonchev–Trinajstić information content (AvgIpc) is 2.28. The van der Waals surface area contributed by atoms with E-state index in [-0.39, 0.29) is 17.7 Å². The van der Waals surface area contributed by atoms with Gasteiger partial charge in [-0.3, -0.25) is 0 Å². The van der Waals surface area contributed by atoms with E-state index in [2.05, 4.69) is 0 Å². The quantitative estimate of drug-likeness (QED) is 0.721. The van der Waals surface area contributed by atoms with Crippen LogP contribution < -0.4 is 4.74 Å². The van der Waals surface area contributed by atoms with Crippen molar-refractivity contribution in [1.82, 2.24) is 0 Å². The van der Waals surface area contributed by atoms with Gasteiger partial charge in [0.25, 0.3) is 0 Å². The van der Waals surface area contributed by atoms with Crippen molar-refractivity contribution < 1.29 is 13.5 Å². The van der Waals surface area contributed by atoms with Gasteiger partial charge in [0.1, 0.15) is 5.82 Å². The van der Waals surface area contributed by atoms with Crippen LogP contribution in [0.4, 0.5) is 8.78 Å². The summed E-state index contributed by atoms with van der Waals surface area (Å²) in [5.74, 6) is -1.46. The first-order chi connectivity index (χ1) is 7.70. The maximum Gasteiger partial charge on any atom is 0.172 e. The van der Waals surface area contributed by atoms with Crippen LogP contribution in [-0.2, 0) is 6.42 Å². The molecule has 0 saturated carbocycles. The number of hydrogen-bond acceptors (Lipinski definition) is 2. The number of ether oxygens (including phenoxy) is 1. The highest BCUT2D eigenvalue weighted by Crippen LogP contribution is 2.23. The lowest BCUT2D eigenvalue weighted by Gasteiger charge is -2.09. The fraction of sp³-hybridized carbons (Fsp3) is 0.417. The fourth-order valence-electron chi connectivity index (χ4n) is 1.26. The molecule has 0 N–H and O–H groups in total. The summed E-state index contributed by atoms with van der Waals surface area (Å²) in [5, 5.41) is 8.45. The Morgan fingerprint density at radius 2 is 2.12 bits per heavy atom. The number of benzene rings is 1. The Kier molecular flexibility index (Phi) is 4.71. The van der Waals surface area contributed by atoms with Crippen LogP contribution in [0.5, 0.6) is 5.75 Å². The van der Waals surface area contributed by atoms with Gasteiger partial charge in [0, 0.05) is 5.56 Å². The highest BCUT2D eigenvalue weighted by atomic mass is 19.1. The molecule has 2 nitrogen and oxygen atoms in total. The van der Waals surface area contributed by atoms with Crippen molar-refractivity contribution in [2.75, 3.05) is 6.61 Å². The van der Waals surface area contributed by atoms with Gasteiger partial charge in [0.2, 0.25) is 0 Å². The van der Waals surface area contributed by atoms with Crippen molar-refractivity contribution in [3.05, 3.63) is 29.3 Å². The van der Waals surface area contributed by atoms with E-state index in [4.69, 9.17) is 10.00 Å². The molecule has 0 aliphatic heterocycles. The van der Waals surface area contributed by atoms with Crippen LogP contribution in [0.2, 0.25) is 0 Å². The summed E-state index contributed by atoms with van der Waals surface area (Å²) >= 11 is 0. The van der Waals surface area contributed by atoms with E-state index in [1.807, 2.05) is 6.92 Å². The summed E-state index contributed by atoms with van der Waals surface area (Å²) in [5.41, 5.74) is -0.225. The molecule has 1 rings (SSSR count). The number of unbranched alkanes of at least 4 members (excludes halogenated alkanes) is 1. The van der Waals surface area contributed by atoms with Gasteiger partial charge in [-0.05, 0) is 18.6 Å². The highest BCUT2D eigenvalue weighted by molar-refractivity contribution is 5.33. The normalized spacial score (nSPS) is 9.88. The van der Waals surface area contributed by atoms with E-state index >= 15 is 0 Å². The van der Waals surface area contributed by atoms with E-state index in [9.17, 15) is 8.78 Å². The third kappa shape index (κ3) is 2.93. The average molecular weight is 225 g/mol. The van der Waals surface area contributed by atoms with Gasteiger partial charge in [-0.1, -0.05) is 13.3 Å². The molecule has 0 fully saturated rings. The van der Waals surface area contributed by atoms with E-state index in [1.165, 1.54) is 6.07 Å². The summed E-state index contributed by atoms with van der Waals surface area (Å²) in [6.07, 6.45) is 1.46. The Morgan fingerprint density at radius 3 is 2.75 bits per heavy atom. The molecule has 0 heterocycles. The molecule has 1 aromatic carbocycles. The maximum atomic E-state index is 13.6. The third-order valence-electron chi connectivity index (χ3n) is 2.16. The van der Waals surface area contributed by atoms with Crippen molar-refractivity contribution >= 4 is 0 Å². The number of hydrogen-bond donors (Lipinski definition) is 0. The molecule has 0 atom stereocenters. The highest BCUT2D eigenvalue weighted by Gasteiger charge is 2.14. The minimum absolute atomic E-state index is 0.0140. The molecular weight excluding hydrogens is 212 g/mol. The molecule has 0 aliphatic rings. The molecular formula is C12H13F2NO. The first-order valence-electron chi connectivity index (χ1n) is 5.17. The molecule has 1 aromatic rings. The molecule has 0 unspecified atom stereocenters. The van der Waals surface area contributed by atoms with Crippen LogP contribution in [0.25, 0.3) is 0 Å². The lowest BCUT2D eigenvalue weighted by Crippen LogP contribution is -2.02. The molecule has 0 aromatic heterocycles. The molecule has 0 spiro atoms. The topological polar surface area (TPSA) is 33.0 Å². The Hall–Kier alpha value is -1.63. The Balaban J connectivity index is 2.86. The number of rotatable bonds is 5. The van der Waals surface area contributed by atoms with E-state index in [0.717, 1.165) is 18.9 Å². The summed E-state index contributed by atoms with van der Waals surface area (Å²) < 4.78 is 32.0. The number of nitrogens with zero attached hydrogens (tertiary/aromatic N) is 1. The van der Waals surface area contributed by atoms with Gasteiger partial charge in [-0.15, -0.1) is 0 Å². The van der Waals surface area contributed by atoms with Crippen LogP contribution in [0, 0.1) is 23.0 Å². The Labute approximate surface area is 93.5 Å². The van der Waals surface area contributed by atoms with Gasteiger partial charge in [-0.2, -0.15) is 5.26 Å². The minimum atomic E-state index is -0.766. The molecule has 0 bridgehead atoms. The van der Waals surface area contributed by atoms with Gasteiger partial charge >= 0.3 is 0 Å². The van der Waals surface area contributed by atoms with Crippen LogP contribution in [0.3, 0.4) is 0 Å². The largest absolute Gasteiger partial charge is 0.491 e. The van der Waals surface area contributed by atoms with Gasteiger partial charge in [0.15, 0.2) is 11.6 Å². The van der Waals surface area contributed by atoms with Gasteiger partial charge < -0.3 is 4.74 Å². The van der Waals surface area contributed by atoms with Crippen molar-refractivity contribution in [2.45, 2.75) is 26.2 Å². The second-order valence-corrected chi connectivity index (χ2v) is 3.37. The smallest absolute Gasteiger partial charge is 0.172 e. The van der Waals surface area contributed by atoms with Crippen LogP contribution in [0.1, 0.15) is 25.3 Å². The standard InChI is InChI=1S/C12H13F2NO/c1-2-3-8-16-11-5-4-10(13)9(6-7-15)12(11)14/h4-5H,2-3,6,8H2,1H3. The van der Waals surface area contributed by atoms with E-state index < -0.39 is 11.6 Å². The molecule has 4 heteroatoms. The second-order valence-electron chi connectivity index (χ2n) is 3.37. The fourth-order valence-corrected chi connectivity index (χ4v) is 1.26. The number of nitriles is 1. The van der Waals surface area contributed by atoms with Gasteiger partial charge in [0.05, 0.1) is 19.1 Å². The molecule has 86 valence electrons. The van der Waals surface area contributed by atoms with Crippen molar-refractivity contribution in [1.29, 1.82) is 5.26 Å². The molecule has 0 saturated heterocycles. The zero-order valence-electron chi connectivity index (χ0n) is 9.09. The monoisotopic (exact) mass is 225 g/mol. The van der Waals surface area contributed by atoms with E-state index in [0.29, 0.717) is 6.61 Å². The lowest BCUT2D eigenvalue weighted by atomic mass is 10.1. The first kappa shape index (κ1) is 12.4. The van der Waals surface area contributed by atoms with Crippen LogP contribution in [-0.4, -0.2) is 6.61 Å².